The third-order valence-electron chi connectivity index (χ3n) is 8.62. The molecule has 0 atom stereocenters. The Morgan fingerprint density at radius 2 is 1.09 bits per heavy atom. The van der Waals surface area contributed by atoms with Crippen molar-refractivity contribution in [1.82, 2.24) is 0 Å². The van der Waals surface area contributed by atoms with Crippen molar-refractivity contribution in [2.45, 2.75) is 109 Å². The van der Waals surface area contributed by atoms with Crippen LogP contribution in [0.5, 0.6) is 11.5 Å². The molecule has 0 aromatic heterocycles. The molecule has 2 fully saturated rings. The van der Waals surface area contributed by atoms with Gasteiger partial charge in [0.25, 0.3) is 0 Å². The van der Waals surface area contributed by atoms with E-state index in [0.29, 0.717) is 17.9 Å². The summed E-state index contributed by atoms with van der Waals surface area (Å²) in [6.07, 6.45) is 11.9. The van der Waals surface area contributed by atoms with E-state index < -0.39 is 7.82 Å². The standard InChI is InChI=1S/C29H39O4P.Na/c1-20-15-22-19-23-16-21(2)18-25(29(4)13-9-6-10-14-29)27(23)33-34(30,31)32-26(22)24(17-20)28(3)11-7-5-8-12-28;/h15-18H,5-14,19H2,1-4H3,(H,30,31);/q;+1/p-1. The van der Waals surface area contributed by atoms with Crippen LogP contribution in [0.2, 0.25) is 0 Å². The third kappa shape index (κ3) is 5.43. The number of hydrogen-bond acceptors (Lipinski definition) is 4. The van der Waals surface area contributed by atoms with Gasteiger partial charge in [-0.2, -0.15) is 0 Å². The van der Waals surface area contributed by atoms with Crippen LogP contribution in [0.4, 0.5) is 0 Å². The average Bonchev–Trinajstić information content (AvgIpc) is 2.77. The van der Waals surface area contributed by atoms with Crippen molar-refractivity contribution in [1.29, 1.82) is 0 Å². The largest absolute Gasteiger partial charge is 1.00 e. The van der Waals surface area contributed by atoms with E-state index in [1.807, 2.05) is 0 Å². The van der Waals surface area contributed by atoms with Crippen LogP contribution in [0.25, 0.3) is 0 Å². The molecule has 3 aliphatic rings. The Labute approximate surface area is 233 Å². The van der Waals surface area contributed by atoms with Gasteiger partial charge in [0.1, 0.15) is 11.5 Å². The molecule has 1 aliphatic heterocycles. The maximum absolute atomic E-state index is 13.4. The molecular formula is C29H38NaO4P. The molecule has 0 spiro atoms. The molecule has 0 amide bonds. The Hall–Kier alpha value is -0.770. The fourth-order valence-electron chi connectivity index (χ4n) is 6.72. The molecule has 6 heteroatoms. The molecule has 0 unspecified atom stereocenters. The smallest absolute Gasteiger partial charge is 0.736 e. The van der Waals surface area contributed by atoms with Gasteiger partial charge in [-0.15, -0.1) is 0 Å². The van der Waals surface area contributed by atoms with Gasteiger partial charge >= 0.3 is 37.4 Å². The molecule has 0 bridgehead atoms. The fourth-order valence-corrected chi connectivity index (χ4v) is 7.64. The first-order valence-corrected chi connectivity index (χ1v) is 14.5. The molecule has 2 aliphatic carbocycles. The predicted molar refractivity (Wildman–Crippen MR) is 135 cm³/mol. The van der Waals surface area contributed by atoms with Gasteiger partial charge in [0.15, 0.2) is 0 Å². The molecule has 2 aromatic rings. The number of phosphoric acid groups is 1. The van der Waals surface area contributed by atoms with Gasteiger partial charge in [0.2, 0.25) is 0 Å². The molecule has 0 saturated heterocycles. The van der Waals surface area contributed by atoms with Crippen molar-refractivity contribution in [2.24, 2.45) is 0 Å². The van der Waals surface area contributed by atoms with Crippen molar-refractivity contribution < 1.29 is 48.1 Å². The maximum Gasteiger partial charge on any atom is 1.00 e. The minimum absolute atomic E-state index is 0. The normalized spacial score (nSPS) is 22.2. The van der Waals surface area contributed by atoms with E-state index in [1.165, 1.54) is 12.8 Å². The van der Waals surface area contributed by atoms with Crippen LogP contribution in [-0.2, 0) is 21.8 Å². The second-order valence-electron chi connectivity index (χ2n) is 11.7. The van der Waals surface area contributed by atoms with Crippen LogP contribution >= 0.6 is 7.82 Å². The zero-order valence-electron chi connectivity index (χ0n) is 22.2. The number of hydrogen-bond donors (Lipinski definition) is 0. The number of benzene rings is 2. The quantitative estimate of drug-likeness (QED) is 0.444. The molecular weight excluding hydrogens is 466 g/mol. The summed E-state index contributed by atoms with van der Waals surface area (Å²) >= 11 is 0. The predicted octanol–water partition coefficient (Wildman–Crippen LogP) is 4.58. The van der Waals surface area contributed by atoms with Crippen molar-refractivity contribution in [3.8, 4) is 11.5 Å². The van der Waals surface area contributed by atoms with E-state index in [0.717, 1.165) is 84.7 Å². The van der Waals surface area contributed by atoms with Crippen LogP contribution in [0, 0.1) is 13.8 Å². The molecule has 2 aromatic carbocycles. The number of phosphoric ester groups is 1. The summed E-state index contributed by atoms with van der Waals surface area (Å²) in [5.41, 5.74) is 6.10. The molecule has 0 radical (unpaired) electrons. The van der Waals surface area contributed by atoms with E-state index in [4.69, 9.17) is 9.05 Å². The van der Waals surface area contributed by atoms with Gasteiger partial charge in [0, 0.05) is 17.5 Å². The van der Waals surface area contributed by atoms with Crippen LogP contribution in [-0.4, -0.2) is 0 Å². The van der Waals surface area contributed by atoms with Gasteiger partial charge in [0.05, 0.1) is 0 Å². The van der Waals surface area contributed by atoms with Crippen LogP contribution in [0.1, 0.15) is 111 Å². The molecule has 184 valence electrons. The Morgan fingerprint density at radius 3 is 1.46 bits per heavy atom. The van der Waals surface area contributed by atoms with Gasteiger partial charge in [-0.3, -0.25) is 0 Å². The van der Waals surface area contributed by atoms with E-state index in [1.54, 1.807) is 0 Å². The Balaban J connectivity index is 0.00000289. The monoisotopic (exact) mass is 504 g/mol. The summed E-state index contributed by atoms with van der Waals surface area (Å²) in [5.74, 6) is 1.01. The van der Waals surface area contributed by atoms with Gasteiger partial charge in [-0.1, -0.05) is 87.8 Å². The topological polar surface area (TPSA) is 58.6 Å². The molecule has 0 N–H and O–H groups in total. The Morgan fingerprint density at radius 1 is 0.714 bits per heavy atom. The first kappa shape index (κ1) is 27.3. The molecule has 1 heterocycles. The summed E-state index contributed by atoms with van der Waals surface area (Å²) in [6, 6.07) is 8.48. The molecule has 5 rings (SSSR count). The summed E-state index contributed by atoms with van der Waals surface area (Å²) in [5, 5.41) is 0. The summed E-state index contributed by atoms with van der Waals surface area (Å²) < 4.78 is 25.1. The SMILES string of the molecule is Cc1cc2c(c(C3(C)CCCCC3)c1)OP(=O)([O-])Oc1c(cc(C)cc1C1(C)CCCCC1)C2.[Na+]. The van der Waals surface area contributed by atoms with E-state index in [-0.39, 0.29) is 40.4 Å². The minimum Gasteiger partial charge on any atom is -0.736 e. The number of fused-ring (bicyclic) bond motifs is 2. The first-order valence-electron chi connectivity index (χ1n) is 13.1. The number of aryl methyl sites for hydroxylation is 2. The van der Waals surface area contributed by atoms with Crippen LogP contribution < -0.4 is 43.5 Å². The summed E-state index contributed by atoms with van der Waals surface area (Å²) in [7, 11) is -4.62. The molecule has 35 heavy (non-hydrogen) atoms. The van der Waals surface area contributed by atoms with Crippen molar-refractivity contribution in [3.05, 3.63) is 57.6 Å². The zero-order valence-corrected chi connectivity index (χ0v) is 25.1. The van der Waals surface area contributed by atoms with E-state index >= 15 is 0 Å². The van der Waals surface area contributed by atoms with Crippen molar-refractivity contribution in [2.75, 3.05) is 0 Å². The third-order valence-corrected chi connectivity index (χ3v) is 9.43. The van der Waals surface area contributed by atoms with E-state index in [9.17, 15) is 9.46 Å². The second-order valence-corrected chi connectivity index (χ2v) is 12.9. The van der Waals surface area contributed by atoms with Crippen molar-refractivity contribution in [3.63, 3.8) is 0 Å². The molecule has 2 saturated carbocycles. The van der Waals surface area contributed by atoms with Crippen LogP contribution in [0.15, 0.2) is 24.3 Å². The van der Waals surface area contributed by atoms with Gasteiger partial charge in [-0.25, -0.2) is 4.57 Å². The second kappa shape index (κ2) is 10.2. The van der Waals surface area contributed by atoms with E-state index in [2.05, 4.69) is 52.0 Å². The van der Waals surface area contributed by atoms with Gasteiger partial charge < -0.3 is 13.9 Å². The molecule has 4 nitrogen and oxygen atoms in total. The van der Waals surface area contributed by atoms with Gasteiger partial charge in [-0.05, 0) is 61.5 Å². The van der Waals surface area contributed by atoms with Crippen LogP contribution in [0.3, 0.4) is 0 Å². The fraction of sp³-hybridized carbons (Fsp3) is 0.586. The zero-order chi connectivity index (χ0) is 24.1. The average molecular weight is 505 g/mol. The summed E-state index contributed by atoms with van der Waals surface area (Å²) in [4.78, 5) is 13.4. The summed E-state index contributed by atoms with van der Waals surface area (Å²) in [6.45, 7) is 8.74. The first-order chi connectivity index (χ1) is 16.1. The Bertz CT molecular complexity index is 1060. The van der Waals surface area contributed by atoms with Crippen molar-refractivity contribution >= 4 is 7.82 Å². The Kier molecular flexibility index (Phi) is 7.93. The minimum atomic E-state index is -4.62. The number of rotatable bonds is 2. The maximum atomic E-state index is 13.4.